The zero-order valence-corrected chi connectivity index (χ0v) is 7.46. The Kier molecular flexibility index (Phi) is 2.85. The molecule has 10 heavy (non-hydrogen) atoms. The first-order valence-electron chi connectivity index (χ1n) is 3.74. The Balaban J connectivity index is 2.32. The molecule has 1 unspecified atom stereocenters. The minimum atomic E-state index is -0.882. The van der Waals surface area contributed by atoms with Crippen molar-refractivity contribution in [3.05, 3.63) is 0 Å². The van der Waals surface area contributed by atoms with Crippen LogP contribution in [0.2, 0.25) is 0 Å². The van der Waals surface area contributed by atoms with E-state index < -0.39 is 14.9 Å². The molecule has 60 valence electrons. The molecule has 1 aliphatic heterocycles. The predicted octanol–water partition coefficient (Wildman–Crippen LogP) is -1.05. The highest BCUT2D eigenvalue weighted by Gasteiger charge is 2.29. The molecule has 3 nitrogen and oxygen atoms in total. The fourth-order valence-electron chi connectivity index (χ4n) is 1.21. The van der Waals surface area contributed by atoms with E-state index in [1.165, 1.54) is 0 Å². The summed E-state index contributed by atoms with van der Waals surface area (Å²) < 4.78 is 5.16. The van der Waals surface area contributed by atoms with Crippen LogP contribution in [0.15, 0.2) is 0 Å². The lowest BCUT2D eigenvalue weighted by atomic mass is 10.2. The molecule has 0 aromatic rings. The van der Waals surface area contributed by atoms with Gasteiger partial charge in [0.15, 0.2) is 0 Å². The van der Waals surface area contributed by atoms with Gasteiger partial charge < -0.3 is 14.9 Å². The summed E-state index contributed by atoms with van der Waals surface area (Å²) >= 11 is 0. The summed E-state index contributed by atoms with van der Waals surface area (Å²) in [5, 5.41) is 18.2. The summed E-state index contributed by atoms with van der Waals surface area (Å²) in [5.74, 6) is 0. The third-order valence-corrected chi connectivity index (χ3v) is 3.40. The van der Waals surface area contributed by atoms with Crippen LogP contribution in [-0.2, 0) is 4.74 Å². The van der Waals surface area contributed by atoms with Crippen LogP contribution in [0.1, 0.15) is 19.3 Å². The van der Waals surface area contributed by atoms with Gasteiger partial charge >= 0.3 is 0 Å². The van der Waals surface area contributed by atoms with Crippen LogP contribution in [0.3, 0.4) is 0 Å². The van der Waals surface area contributed by atoms with Crippen LogP contribution < -0.4 is 0 Å². The first-order valence-corrected chi connectivity index (χ1v) is 5.45. The molecule has 0 saturated carbocycles. The van der Waals surface area contributed by atoms with Crippen molar-refractivity contribution < 1.29 is 14.9 Å². The number of hydrogen-bond acceptors (Lipinski definition) is 3. The summed E-state index contributed by atoms with van der Waals surface area (Å²) in [6, 6.07) is 0. The van der Waals surface area contributed by atoms with Crippen LogP contribution >= 0.6 is 0 Å². The van der Waals surface area contributed by atoms with Crippen molar-refractivity contribution in [3.63, 3.8) is 0 Å². The highest BCUT2D eigenvalue weighted by atomic mass is 28.2. The molecular weight excluding hydrogens is 148 g/mol. The normalized spacial score (nSPS) is 35.4. The Morgan fingerprint density at radius 2 is 2.30 bits per heavy atom. The summed E-state index contributed by atoms with van der Waals surface area (Å²) in [6.45, 7) is 0.656. The second kappa shape index (κ2) is 3.48. The third kappa shape index (κ3) is 2.05. The Bertz CT molecular complexity index is 95.7. The summed E-state index contributed by atoms with van der Waals surface area (Å²) in [7, 11) is -0.832. The lowest BCUT2D eigenvalue weighted by molar-refractivity contribution is -0.165. The Hall–Kier alpha value is 0.0969. The van der Waals surface area contributed by atoms with Crippen molar-refractivity contribution >= 4 is 9.52 Å². The fraction of sp³-hybridized carbons (Fsp3) is 1.00. The molecule has 1 rings (SSSR count). The molecule has 0 aliphatic carbocycles. The maximum atomic E-state index is 9.55. The van der Waals surface area contributed by atoms with Crippen molar-refractivity contribution in [1.82, 2.24) is 0 Å². The van der Waals surface area contributed by atoms with E-state index in [4.69, 9.17) is 9.84 Å². The molecule has 0 radical (unpaired) electrons. The van der Waals surface area contributed by atoms with Crippen LogP contribution in [0.4, 0.5) is 0 Å². The number of rotatable bonds is 2. The van der Waals surface area contributed by atoms with Crippen LogP contribution in [0.5, 0.6) is 0 Å². The second-order valence-corrected chi connectivity index (χ2v) is 4.78. The average molecular weight is 162 g/mol. The molecule has 1 aliphatic rings. The molecule has 4 heteroatoms. The molecule has 1 heterocycles. The van der Waals surface area contributed by atoms with Gasteiger partial charge in [-0.1, -0.05) is 0 Å². The Morgan fingerprint density at radius 3 is 2.80 bits per heavy atom. The van der Waals surface area contributed by atoms with Gasteiger partial charge in [-0.15, -0.1) is 0 Å². The van der Waals surface area contributed by atoms with E-state index in [1.54, 1.807) is 0 Å². The second-order valence-electron chi connectivity index (χ2n) is 2.73. The van der Waals surface area contributed by atoms with Crippen molar-refractivity contribution in [3.8, 4) is 0 Å². The molecule has 0 bridgehead atoms. The molecule has 2 N–H and O–H groups in total. The van der Waals surface area contributed by atoms with Gasteiger partial charge in [0.05, 0.1) is 0 Å². The first-order chi connectivity index (χ1) is 4.77. The SMILES string of the molecule is OC[SiH2]C1(O)CCCCO1. The molecule has 1 fully saturated rings. The first kappa shape index (κ1) is 8.20. The van der Waals surface area contributed by atoms with Crippen molar-refractivity contribution in [2.45, 2.75) is 24.7 Å². The smallest absolute Gasteiger partial charge is 0.144 e. The maximum Gasteiger partial charge on any atom is 0.144 e. The van der Waals surface area contributed by atoms with Gasteiger partial charge in [0, 0.05) is 12.8 Å². The molecule has 0 aromatic heterocycles. The van der Waals surface area contributed by atoms with Crippen LogP contribution in [-0.4, -0.2) is 38.0 Å². The van der Waals surface area contributed by atoms with E-state index in [0.29, 0.717) is 6.61 Å². The van der Waals surface area contributed by atoms with Crippen molar-refractivity contribution in [2.75, 3.05) is 12.8 Å². The minimum Gasteiger partial charge on any atom is -0.400 e. The molecule has 1 atom stereocenters. The highest BCUT2D eigenvalue weighted by molar-refractivity contribution is 6.38. The molecular formula is C6H14O3Si. The zero-order chi connectivity index (χ0) is 7.45. The molecule has 1 saturated heterocycles. The standard InChI is InChI=1S/C6H14O3Si/c7-5-10-6(8)3-1-2-4-9-6/h7-8H,1-5,10H2. The number of hydrogen-bond donors (Lipinski definition) is 2. The fourth-order valence-corrected chi connectivity index (χ4v) is 2.35. The van der Waals surface area contributed by atoms with Crippen molar-refractivity contribution in [2.24, 2.45) is 0 Å². The van der Waals surface area contributed by atoms with Gasteiger partial charge in [0.25, 0.3) is 0 Å². The molecule has 0 amide bonds. The van der Waals surface area contributed by atoms with E-state index in [-0.39, 0.29) is 6.23 Å². The van der Waals surface area contributed by atoms with Gasteiger partial charge in [-0.3, -0.25) is 0 Å². The van der Waals surface area contributed by atoms with E-state index >= 15 is 0 Å². The van der Waals surface area contributed by atoms with E-state index in [1.807, 2.05) is 0 Å². The average Bonchev–Trinajstić information content (AvgIpc) is 1.89. The van der Waals surface area contributed by atoms with E-state index in [0.717, 1.165) is 19.3 Å². The highest BCUT2D eigenvalue weighted by Crippen LogP contribution is 2.20. The maximum absolute atomic E-state index is 9.55. The van der Waals surface area contributed by atoms with Crippen molar-refractivity contribution in [1.29, 1.82) is 0 Å². The summed E-state index contributed by atoms with van der Waals surface area (Å²) in [6.07, 6.45) is 2.93. The number of ether oxygens (including phenoxy) is 1. The Morgan fingerprint density at radius 1 is 1.50 bits per heavy atom. The molecule has 0 spiro atoms. The van der Waals surface area contributed by atoms with E-state index in [2.05, 4.69) is 0 Å². The lowest BCUT2D eigenvalue weighted by Crippen LogP contribution is -2.43. The number of aliphatic hydroxyl groups is 2. The lowest BCUT2D eigenvalue weighted by Gasteiger charge is -2.31. The molecule has 0 aromatic carbocycles. The van der Waals surface area contributed by atoms with Gasteiger partial charge in [0.2, 0.25) is 0 Å². The monoisotopic (exact) mass is 162 g/mol. The minimum absolute atomic E-state index is 0.135. The third-order valence-electron chi connectivity index (χ3n) is 1.83. The van der Waals surface area contributed by atoms with E-state index in [9.17, 15) is 5.11 Å². The Labute approximate surface area is 62.8 Å². The van der Waals surface area contributed by atoms with Crippen LogP contribution in [0, 0.1) is 0 Å². The summed E-state index contributed by atoms with van der Waals surface area (Å²) in [4.78, 5) is 0. The quantitative estimate of drug-likeness (QED) is 0.510. The van der Waals surface area contributed by atoms with Gasteiger partial charge in [-0.25, -0.2) is 0 Å². The van der Waals surface area contributed by atoms with Gasteiger partial charge in [-0.2, -0.15) is 0 Å². The largest absolute Gasteiger partial charge is 0.400 e. The van der Waals surface area contributed by atoms with Gasteiger partial charge in [0.1, 0.15) is 14.9 Å². The van der Waals surface area contributed by atoms with Gasteiger partial charge in [-0.05, 0) is 19.3 Å². The topological polar surface area (TPSA) is 49.7 Å². The van der Waals surface area contributed by atoms with Crippen LogP contribution in [0.25, 0.3) is 0 Å². The number of aliphatic hydroxyl groups excluding tert-OH is 1. The zero-order valence-electron chi connectivity index (χ0n) is 6.05. The summed E-state index contributed by atoms with van der Waals surface area (Å²) in [5.41, 5.74) is -0.882. The predicted molar refractivity (Wildman–Crippen MR) is 40.4 cm³/mol.